The van der Waals surface area contributed by atoms with Crippen LogP contribution in [0.5, 0.6) is 0 Å². The Hall–Kier alpha value is -3.25. The molecule has 0 radical (unpaired) electrons. The predicted octanol–water partition coefficient (Wildman–Crippen LogP) is 4.31. The van der Waals surface area contributed by atoms with Crippen LogP contribution in [0.2, 0.25) is 0 Å². The van der Waals surface area contributed by atoms with Gasteiger partial charge in [-0.2, -0.15) is 0 Å². The lowest BCUT2D eigenvalue weighted by molar-refractivity contribution is -0.111. The number of primary amides is 1. The molecule has 2 amide bonds. The number of hydrogen-bond donors (Lipinski definition) is 2. The molecule has 3 rings (SSSR count). The number of amides is 2. The summed E-state index contributed by atoms with van der Waals surface area (Å²) in [6.07, 6.45) is 2.99. The van der Waals surface area contributed by atoms with Gasteiger partial charge in [-0.3, -0.25) is 9.59 Å². The van der Waals surface area contributed by atoms with Crippen LogP contribution in [0.3, 0.4) is 0 Å². The van der Waals surface area contributed by atoms with Gasteiger partial charge in [-0.1, -0.05) is 30.3 Å². The van der Waals surface area contributed by atoms with Crippen LogP contribution in [-0.2, 0) is 4.79 Å². The Morgan fingerprint density at radius 2 is 1.73 bits per heavy atom. The molecule has 6 heteroatoms. The van der Waals surface area contributed by atoms with E-state index in [1.165, 1.54) is 23.5 Å². The van der Waals surface area contributed by atoms with Crippen molar-refractivity contribution in [2.24, 2.45) is 5.73 Å². The number of hydrogen-bond acceptors (Lipinski definition) is 3. The van der Waals surface area contributed by atoms with E-state index in [0.717, 1.165) is 9.75 Å². The van der Waals surface area contributed by atoms with Crippen molar-refractivity contribution in [3.05, 3.63) is 83.0 Å². The van der Waals surface area contributed by atoms with Crippen molar-refractivity contribution in [1.82, 2.24) is 0 Å². The Morgan fingerprint density at radius 1 is 1.00 bits per heavy atom. The summed E-state index contributed by atoms with van der Waals surface area (Å²) in [7, 11) is 0. The van der Waals surface area contributed by atoms with Gasteiger partial charge in [0.25, 0.3) is 5.91 Å². The maximum absolute atomic E-state index is 13.8. The van der Waals surface area contributed by atoms with Crippen LogP contribution in [0.1, 0.15) is 15.2 Å². The van der Waals surface area contributed by atoms with E-state index >= 15 is 0 Å². The number of thiophene rings is 1. The van der Waals surface area contributed by atoms with Crippen LogP contribution in [0.4, 0.5) is 10.1 Å². The Kier molecular flexibility index (Phi) is 5.24. The number of benzene rings is 2. The molecule has 0 aliphatic carbocycles. The molecular formula is C20H15FN2O2S. The third kappa shape index (κ3) is 4.04. The van der Waals surface area contributed by atoms with Crippen LogP contribution in [0, 0.1) is 5.82 Å². The topological polar surface area (TPSA) is 72.2 Å². The Labute approximate surface area is 153 Å². The molecule has 0 spiro atoms. The van der Waals surface area contributed by atoms with Crippen molar-refractivity contribution < 1.29 is 14.0 Å². The normalized spacial score (nSPS) is 10.8. The maximum atomic E-state index is 13.8. The molecule has 3 aromatic rings. The van der Waals surface area contributed by atoms with Crippen molar-refractivity contribution >= 4 is 34.9 Å². The highest BCUT2D eigenvalue weighted by atomic mass is 32.1. The van der Waals surface area contributed by atoms with Crippen molar-refractivity contribution in [3.8, 4) is 10.4 Å². The highest BCUT2D eigenvalue weighted by Gasteiger charge is 2.09. The standard InChI is InChI=1S/C20H15FN2O2S/c21-16-7-3-1-5-14(16)18-11-9-13(26-18)10-12-19(24)23-17-8-4-2-6-15(17)20(22)25/h1-12H,(H2,22,25)(H,23,24)/b12-10+. The Balaban J connectivity index is 1.72. The molecule has 26 heavy (non-hydrogen) atoms. The van der Waals surface area contributed by atoms with E-state index in [9.17, 15) is 14.0 Å². The molecule has 1 aromatic heterocycles. The first-order chi connectivity index (χ1) is 12.5. The number of rotatable bonds is 5. The van der Waals surface area contributed by atoms with Crippen molar-refractivity contribution in [2.75, 3.05) is 5.32 Å². The molecular weight excluding hydrogens is 351 g/mol. The van der Waals surface area contributed by atoms with Gasteiger partial charge in [-0.15, -0.1) is 11.3 Å². The second-order valence-corrected chi connectivity index (χ2v) is 6.53. The van der Waals surface area contributed by atoms with Crippen molar-refractivity contribution in [2.45, 2.75) is 0 Å². The van der Waals surface area contributed by atoms with Gasteiger partial charge in [0.05, 0.1) is 11.3 Å². The summed E-state index contributed by atoms with van der Waals surface area (Å²) in [4.78, 5) is 25.0. The molecule has 2 aromatic carbocycles. The van der Waals surface area contributed by atoms with E-state index in [2.05, 4.69) is 5.32 Å². The van der Waals surface area contributed by atoms with Gasteiger partial charge in [0.1, 0.15) is 5.82 Å². The number of halogens is 1. The molecule has 4 nitrogen and oxygen atoms in total. The second kappa shape index (κ2) is 7.76. The minimum absolute atomic E-state index is 0.243. The maximum Gasteiger partial charge on any atom is 0.250 e. The number of anilines is 1. The molecule has 0 aliphatic heterocycles. The fraction of sp³-hybridized carbons (Fsp3) is 0. The van der Waals surface area contributed by atoms with E-state index in [4.69, 9.17) is 5.73 Å². The van der Waals surface area contributed by atoms with Gasteiger partial charge in [-0.05, 0) is 36.4 Å². The molecule has 1 heterocycles. The lowest BCUT2D eigenvalue weighted by Crippen LogP contribution is -2.16. The zero-order valence-corrected chi connectivity index (χ0v) is 14.4. The van der Waals surface area contributed by atoms with Gasteiger partial charge in [-0.25, -0.2) is 4.39 Å². The summed E-state index contributed by atoms with van der Waals surface area (Å²) in [5.41, 5.74) is 6.41. The molecule has 0 fully saturated rings. The second-order valence-electron chi connectivity index (χ2n) is 5.41. The average Bonchev–Trinajstić information content (AvgIpc) is 3.09. The van der Waals surface area contributed by atoms with Gasteiger partial charge in [0, 0.05) is 21.4 Å². The molecule has 130 valence electrons. The van der Waals surface area contributed by atoms with E-state index < -0.39 is 5.91 Å². The zero-order valence-electron chi connectivity index (χ0n) is 13.6. The van der Waals surface area contributed by atoms with Crippen LogP contribution in [-0.4, -0.2) is 11.8 Å². The van der Waals surface area contributed by atoms with Gasteiger partial charge < -0.3 is 11.1 Å². The minimum Gasteiger partial charge on any atom is -0.366 e. The van der Waals surface area contributed by atoms with Crippen molar-refractivity contribution in [3.63, 3.8) is 0 Å². The lowest BCUT2D eigenvalue weighted by Gasteiger charge is -2.06. The fourth-order valence-electron chi connectivity index (χ4n) is 2.39. The van der Waals surface area contributed by atoms with Crippen LogP contribution in [0.25, 0.3) is 16.5 Å². The monoisotopic (exact) mass is 366 g/mol. The largest absolute Gasteiger partial charge is 0.366 e. The van der Waals surface area contributed by atoms with E-state index in [-0.39, 0.29) is 17.3 Å². The summed E-state index contributed by atoms with van der Waals surface area (Å²) in [6.45, 7) is 0. The summed E-state index contributed by atoms with van der Waals surface area (Å²) in [5, 5.41) is 2.63. The third-order valence-electron chi connectivity index (χ3n) is 3.62. The number of nitrogens with two attached hydrogens (primary N) is 1. The Bertz CT molecular complexity index is 995. The zero-order chi connectivity index (χ0) is 18.5. The summed E-state index contributed by atoms with van der Waals surface area (Å²) in [5.74, 6) is -1.29. The molecule has 0 bridgehead atoms. The first-order valence-electron chi connectivity index (χ1n) is 7.77. The van der Waals surface area contributed by atoms with Crippen LogP contribution < -0.4 is 11.1 Å². The molecule has 0 saturated carbocycles. The molecule has 0 aliphatic rings. The number of nitrogens with one attached hydrogen (secondary N) is 1. The van der Waals surface area contributed by atoms with E-state index in [1.54, 1.807) is 48.5 Å². The highest BCUT2D eigenvalue weighted by molar-refractivity contribution is 7.16. The van der Waals surface area contributed by atoms with Crippen molar-refractivity contribution in [1.29, 1.82) is 0 Å². The van der Waals surface area contributed by atoms with Crippen LogP contribution in [0.15, 0.2) is 66.7 Å². The smallest absolute Gasteiger partial charge is 0.250 e. The molecule has 0 saturated heterocycles. The first kappa shape index (κ1) is 17.6. The van der Waals surface area contributed by atoms with Crippen LogP contribution >= 0.6 is 11.3 Å². The number of carbonyl (C=O) groups is 2. The first-order valence-corrected chi connectivity index (χ1v) is 8.59. The fourth-order valence-corrected chi connectivity index (χ4v) is 3.33. The predicted molar refractivity (Wildman–Crippen MR) is 102 cm³/mol. The number of carbonyl (C=O) groups excluding carboxylic acids is 2. The Morgan fingerprint density at radius 3 is 2.50 bits per heavy atom. The molecule has 3 N–H and O–H groups in total. The highest BCUT2D eigenvalue weighted by Crippen LogP contribution is 2.30. The minimum atomic E-state index is -0.613. The van der Waals surface area contributed by atoms with Gasteiger partial charge in [0.15, 0.2) is 0 Å². The molecule has 0 unspecified atom stereocenters. The number of para-hydroxylation sites is 1. The molecule has 0 atom stereocenters. The summed E-state index contributed by atoms with van der Waals surface area (Å²) < 4.78 is 13.8. The van der Waals surface area contributed by atoms with E-state index in [1.807, 2.05) is 12.1 Å². The average molecular weight is 366 g/mol. The van der Waals surface area contributed by atoms with E-state index in [0.29, 0.717) is 11.3 Å². The van der Waals surface area contributed by atoms with Gasteiger partial charge >= 0.3 is 0 Å². The SMILES string of the molecule is NC(=O)c1ccccc1NC(=O)/C=C/c1ccc(-c2ccccc2F)s1. The third-order valence-corrected chi connectivity index (χ3v) is 4.70. The summed E-state index contributed by atoms with van der Waals surface area (Å²) >= 11 is 1.38. The summed E-state index contributed by atoms with van der Waals surface area (Å²) in [6, 6.07) is 16.7. The lowest BCUT2D eigenvalue weighted by atomic mass is 10.1. The van der Waals surface area contributed by atoms with Gasteiger partial charge in [0.2, 0.25) is 5.91 Å². The quantitative estimate of drug-likeness (QED) is 0.661.